The van der Waals surface area contributed by atoms with Crippen LogP contribution in [0.25, 0.3) is 0 Å². The first kappa shape index (κ1) is 12.9. The molecule has 84 valence electrons. The van der Waals surface area contributed by atoms with Crippen LogP contribution in [0.4, 0.5) is 0 Å². The summed E-state index contributed by atoms with van der Waals surface area (Å²) in [5.74, 6) is 0.849. The molecule has 14 heavy (non-hydrogen) atoms. The summed E-state index contributed by atoms with van der Waals surface area (Å²) < 4.78 is 11.2. The van der Waals surface area contributed by atoms with Gasteiger partial charge in [-0.25, -0.2) is 0 Å². The highest BCUT2D eigenvalue weighted by molar-refractivity contribution is 8.77. The van der Waals surface area contributed by atoms with Crippen LogP contribution in [0.15, 0.2) is 0 Å². The van der Waals surface area contributed by atoms with E-state index in [1.165, 1.54) is 0 Å². The van der Waals surface area contributed by atoms with Crippen molar-refractivity contribution in [3.05, 3.63) is 0 Å². The third-order valence-electron chi connectivity index (χ3n) is 2.91. The molecule has 6 heteroatoms. The number of hydrogen-bond acceptors (Lipinski definition) is 3. The fourth-order valence-corrected chi connectivity index (χ4v) is 7.77. The van der Waals surface area contributed by atoms with Gasteiger partial charge in [0.25, 0.3) is 0 Å². The third kappa shape index (κ3) is 2.50. The topological polar surface area (TPSA) is 57.5 Å². The Balaban J connectivity index is 2.93. The molecule has 0 radical (unpaired) electrons. The van der Waals surface area contributed by atoms with E-state index in [2.05, 4.69) is 0 Å². The first-order chi connectivity index (χ1) is 6.46. The van der Waals surface area contributed by atoms with Gasteiger partial charge in [-0.2, -0.15) is 0 Å². The standard InChI is InChI=1S/C8H17O3PS2/c1-3-8(4-2)7(12(9,10)11)5-6-13-14-8/h7H,3-6H2,1-2H3,(H2,9,10,11). The summed E-state index contributed by atoms with van der Waals surface area (Å²) in [5.41, 5.74) is -0.448. The molecule has 1 heterocycles. The van der Waals surface area contributed by atoms with Gasteiger partial charge in [0.1, 0.15) is 0 Å². The van der Waals surface area contributed by atoms with E-state index in [0.717, 1.165) is 18.6 Å². The van der Waals surface area contributed by atoms with Crippen LogP contribution in [-0.4, -0.2) is 25.9 Å². The minimum Gasteiger partial charge on any atom is -0.324 e. The van der Waals surface area contributed by atoms with Crippen LogP contribution in [0.5, 0.6) is 0 Å². The molecular weight excluding hydrogens is 239 g/mol. The van der Waals surface area contributed by atoms with Crippen molar-refractivity contribution in [3.8, 4) is 0 Å². The van der Waals surface area contributed by atoms with Gasteiger partial charge in [-0.15, -0.1) is 0 Å². The Morgan fingerprint density at radius 2 is 2.00 bits per heavy atom. The first-order valence-electron chi connectivity index (χ1n) is 4.82. The van der Waals surface area contributed by atoms with Crippen molar-refractivity contribution < 1.29 is 14.4 Å². The molecule has 0 bridgehead atoms. The highest BCUT2D eigenvalue weighted by Crippen LogP contribution is 2.60. The first-order valence-corrected chi connectivity index (χ1v) is 8.82. The minimum atomic E-state index is -3.93. The summed E-state index contributed by atoms with van der Waals surface area (Å²) in [6, 6.07) is 0. The molecule has 3 nitrogen and oxygen atoms in total. The van der Waals surface area contributed by atoms with E-state index >= 15 is 0 Å². The van der Waals surface area contributed by atoms with Crippen molar-refractivity contribution in [1.82, 2.24) is 0 Å². The predicted octanol–water partition coefficient (Wildman–Crippen LogP) is 2.88. The Labute approximate surface area is 93.0 Å². The lowest BCUT2D eigenvalue weighted by Crippen LogP contribution is -2.40. The molecule has 0 amide bonds. The average molecular weight is 256 g/mol. The monoisotopic (exact) mass is 256 g/mol. The highest BCUT2D eigenvalue weighted by atomic mass is 33.1. The lowest BCUT2D eigenvalue weighted by Gasteiger charge is -2.41. The van der Waals surface area contributed by atoms with E-state index in [9.17, 15) is 14.4 Å². The maximum absolute atomic E-state index is 11.4. The molecule has 0 aromatic heterocycles. The largest absolute Gasteiger partial charge is 0.330 e. The molecule has 0 spiro atoms. The van der Waals surface area contributed by atoms with Gasteiger partial charge in [0, 0.05) is 10.5 Å². The van der Waals surface area contributed by atoms with E-state index < -0.39 is 13.3 Å². The quantitative estimate of drug-likeness (QED) is 0.600. The zero-order valence-corrected chi connectivity index (χ0v) is 11.0. The van der Waals surface area contributed by atoms with Gasteiger partial charge in [0.15, 0.2) is 0 Å². The second kappa shape index (κ2) is 4.79. The maximum atomic E-state index is 11.4. The molecular formula is C8H17O3PS2. The second-order valence-corrected chi connectivity index (χ2v) is 8.20. The molecule has 1 aliphatic rings. The molecule has 1 saturated heterocycles. The molecule has 1 aliphatic heterocycles. The Morgan fingerprint density at radius 3 is 2.36 bits per heavy atom. The summed E-state index contributed by atoms with van der Waals surface area (Å²) in [6.07, 6.45) is 2.30. The van der Waals surface area contributed by atoms with Crippen LogP contribution >= 0.6 is 29.2 Å². The lowest BCUT2D eigenvalue weighted by molar-refractivity contribution is 0.334. The molecule has 1 fully saturated rings. The molecule has 0 aromatic carbocycles. The van der Waals surface area contributed by atoms with E-state index in [0.29, 0.717) is 6.42 Å². The Bertz CT molecular complexity index is 237. The van der Waals surface area contributed by atoms with Crippen molar-refractivity contribution in [2.24, 2.45) is 0 Å². The van der Waals surface area contributed by atoms with Crippen molar-refractivity contribution in [3.63, 3.8) is 0 Å². The fourth-order valence-electron chi connectivity index (χ4n) is 1.95. The van der Waals surface area contributed by atoms with Crippen LogP contribution in [-0.2, 0) is 4.57 Å². The van der Waals surface area contributed by atoms with Crippen molar-refractivity contribution in [2.75, 3.05) is 5.75 Å². The van der Waals surface area contributed by atoms with Gasteiger partial charge in [-0.05, 0) is 19.3 Å². The van der Waals surface area contributed by atoms with Gasteiger partial charge >= 0.3 is 7.60 Å². The summed E-state index contributed by atoms with van der Waals surface area (Å²) in [4.78, 5) is 18.7. The lowest BCUT2D eigenvalue weighted by atomic mass is 9.96. The predicted molar refractivity (Wildman–Crippen MR) is 63.8 cm³/mol. The Morgan fingerprint density at radius 1 is 1.43 bits per heavy atom. The van der Waals surface area contributed by atoms with Crippen molar-refractivity contribution in [2.45, 2.75) is 43.5 Å². The van der Waals surface area contributed by atoms with Gasteiger partial charge < -0.3 is 9.79 Å². The van der Waals surface area contributed by atoms with E-state index in [1.54, 1.807) is 21.6 Å². The zero-order chi connectivity index (χ0) is 10.8. The second-order valence-electron chi connectivity index (χ2n) is 3.57. The minimum absolute atomic E-state index is 0.220. The summed E-state index contributed by atoms with van der Waals surface area (Å²) >= 11 is 0. The smallest absolute Gasteiger partial charge is 0.324 e. The molecule has 1 unspecified atom stereocenters. The van der Waals surface area contributed by atoms with Gasteiger partial charge in [-0.3, -0.25) is 4.57 Å². The zero-order valence-electron chi connectivity index (χ0n) is 8.47. The van der Waals surface area contributed by atoms with Crippen molar-refractivity contribution in [1.29, 1.82) is 0 Å². The summed E-state index contributed by atoms with van der Waals surface area (Å²) in [5, 5.41) is 0. The summed E-state index contributed by atoms with van der Waals surface area (Å²) in [6.45, 7) is 4.04. The van der Waals surface area contributed by atoms with Crippen LogP contribution in [0.2, 0.25) is 0 Å². The van der Waals surface area contributed by atoms with Crippen LogP contribution in [0.3, 0.4) is 0 Å². The normalized spacial score (nSPS) is 27.6. The van der Waals surface area contributed by atoms with Crippen LogP contribution < -0.4 is 0 Å². The molecule has 1 rings (SSSR count). The maximum Gasteiger partial charge on any atom is 0.330 e. The Hall–Kier alpha value is 0.850. The average Bonchev–Trinajstić information content (AvgIpc) is 2.16. The molecule has 1 atom stereocenters. The summed E-state index contributed by atoms with van der Waals surface area (Å²) in [7, 11) is -0.516. The fraction of sp³-hybridized carbons (Fsp3) is 1.00. The van der Waals surface area contributed by atoms with Gasteiger partial charge in [0.05, 0.1) is 5.66 Å². The highest BCUT2D eigenvalue weighted by Gasteiger charge is 2.48. The van der Waals surface area contributed by atoms with Gasteiger partial charge in [0.2, 0.25) is 0 Å². The SMILES string of the molecule is CCC1(CC)SSCCC1P(=O)(O)O. The molecule has 0 saturated carbocycles. The number of hydrogen-bond donors (Lipinski definition) is 2. The number of rotatable bonds is 3. The molecule has 0 aliphatic carbocycles. The third-order valence-corrected chi connectivity index (χ3v) is 8.21. The van der Waals surface area contributed by atoms with E-state index in [-0.39, 0.29) is 4.75 Å². The van der Waals surface area contributed by atoms with Gasteiger partial charge in [-0.1, -0.05) is 35.4 Å². The van der Waals surface area contributed by atoms with Crippen molar-refractivity contribution >= 4 is 29.2 Å². The molecule has 0 aromatic rings. The van der Waals surface area contributed by atoms with E-state index in [4.69, 9.17) is 0 Å². The van der Waals surface area contributed by atoms with Crippen LogP contribution in [0, 0.1) is 0 Å². The molecule has 2 N–H and O–H groups in total. The van der Waals surface area contributed by atoms with Crippen LogP contribution in [0.1, 0.15) is 33.1 Å². The van der Waals surface area contributed by atoms with E-state index in [1.807, 2.05) is 13.8 Å². The Kier molecular flexibility index (Phi) is 4.42.